The molecule has 20 heavy (non-hydrogen) atoms. The topological polar surface area (TPSA) is 68.8 Å². The Balaban J connectivity index is 2.52. The Morgan fingerprint density at radius 2 is 1.95 bits per heavy atom. The lowest BCUT2D eigenvalue weighted by atomic mass is 10.1. The lowest BCUT2D eigenvalue weighted by Crippen LogP contribution is -2.39. The number of hydrogen-bond donors (Lipinski definition) is 2. The Bertz CT molecular complexity index is 412. The van der Waals surface area contributed by atoms with E-state index in [1.165, 1.54) is 0 Å². The molecule has 0 aromatic heterocycles. The predicted molar refractivity (Wildman–Crippen MR) is 76.0 cm³/mol. The van der Waals surface area contributed by atoms with E-state index in [9.17, 15) is 4.79 Å². The molecule has 0 spiro atoms. The Labute approximate surface area is 119 Å². The van der Waals surface area contributed by atoms with Crippen molar-refractivity contribution in [3.8, 4) is 5.75 Å². The first kappa shape index (κ1) is 16.3. The third-order valence-electron chi connectivity index (χ3n) is 2.81. The number of ether oxygens (including phenoxy) is 3. The number of para-hydroxylation sites is 1. The van der Waals surface area contributed by atoms with Gasteiger partial charge in [0.1, 0.15) is 11.9 Å². The number of nitrogens with one attached hydrogen (secondary N) is 2. The van der Waals surface area contributed by atoms with Crippen molar-refractivity contribution < 1.29 is 19.0 Å². The van der Waals surface area contributed by atoms with Gasteiger partial charge in [-0.1, -0.05) is 18.2 Å². The van der Waals surface area contributed by atoms with Crippen LogP contribution < -0.4 is 15.4 Å². The van der Waals surface area contributed by atoms with E-state index in [1.54, 1.807) is 21.3 Å². The lowest BCUT2D eigenvalue weighted by Gasteiger charge is -2.19. The highest BCUT2D eigenvalue weighted by atomic mass is 16.5. The molecule has 112 valence electrons. The van der Waals surface area contributed by atoms with Crippen molar-refractivity contribution in [2.75, 3.05) is 41.0 Å². The molecule has 0 aliphatic carbocycles. The highest BCUT2D eigenvalue weighted by Gasteiger charge is 2.15. The van der Waals surface area contributed by atoms with Gasteiger partial charge in [0, 0.05) is 32.9 Å². The lowest BCUT2D eigenvalue weighted by molar-refractivity contribution is 0.101. The van der Waals surface area contributed by atoms with E-state index in [-0.39, 0.29) is 12.1 Å². The van der Waals surface area contributed by atoms with Crippen LogP contribution in [0.5, 0.6) is 5.75 Å². The number of benzene rings is 1. The molecule has 2 N–H and O–H groups in total. The summed E-state index contributed by atoms with van der Waals surface area (Å²) in [6, 6.07) is 7.32. The van der Waals surface area contributed by atoms with Gasteiger partial charge in [0.15, 0.2) is 0 Å². The van der Waals surface area contributed by atoms with Gasteiger partial charge in [0.25, 0.3) is 0 Å². The van der Waals surface area contributed by atoms with Crippen LogP contribution >= 0.6 is 0 Å². The summed E-state index contributed by atoms with van der Waals surface area (Å²) in [5.41, 5.74) is 0.898. The fourth-order valence-electron chi connectivity index (χ4n) is 1.77. The first-order valence-electron chi connectivity index (χ1n) is 6.39. The van der Waals surface area contributed by atoms with Gasteiger partial charge < -0.3 is 24.8 Å². The molecule has 0 unspecified atom stereocenters. The number of carbonyl (C=O) groups is 1. The third-order valence-corrected chi connectivity index (χ3v) is 2.81. The zero-order valence-corrected chi connectivity index (χ0v) is 12.1. The van der Waals surface area contributed by atoms with E-state index < -0.39 is 0 Å². The third kappa shape index (κ3) is 5.07. The predicted octanol–water partition coefficient (Wildman–Crippen LogP) is 1.33. The van der Waals surface area contributed by atoms with Gasteiger partial charge in [-0.05, 0) is 6.07 Å². The van der Waals surface area contributed by atoms with E-state index >= 15 is 0 Å². The standard InChI is InChI=1S/C14H22N2O4/c1-18-9-8-15-14(17)16-10-13(20-3)11-6-4-5-7-12(11)19-2/h4-7,13H,8-10H2,1-3H3,(H2,15,16,17)/t13-/m0/s1. The largest absolute Gasteiger partial charge is 0.496 e. The molecule has 0 heterocycles. The highest BCUT2D eigenvalue weighted by molar-refractivity contribution is 5.73. The van der Waals surface area contributed by atoms with Crippen molar-refractivity contribution in [1.29, 1.82) is 0 Å². The zero-order valence-electron chi connectivity index (χ0n) is 12.1. The summed E-state index contributed by atoms with van der Waals surface area (Å²) in [6.45, 7) is 1.30. The van der Waals surface area contributed by atoms with Crippen LogP contribution in [0.4, 0.5) is 4.79 Å². The SMILES string of the molecule is COCCNC(=O)NC[C@H](OC)c1ccccc1OC. The van der Waals surface area contributed by atoms with Crippen molar-refractivity contribution >= 4 is 6.03 Å². The van der Waals surface area contributed by atoms with Crippen LogP contribution in [0.25, 0.3) is 0 Å². The Hall–Kier alpha value is -1.79. The van der Waals surface area contributed by atoms with Gasteiger partial charge in [0.2, 0.25) is 0 Å². The van der Waals surface area contributed by atoms with Crippen LogP contribution in [0.15, 0.2) is 24.3 Å². The smallest absolute Gasteiger partial charge is 0.314 e. The first-order chi connectivity index (χ1) is 9.72. The normalized spacial score (nSPS) is 11.8. The van der Waals surface area contributed by atoms with Crippen molar-refractivity contribution in [2.24, 2.45) is 0 Å². The maximum Gasteiger partial charge on any atom is 0.314 e. The highest BCUT2D eigenvalue weighted by Crippen LogP contribution is 2.26. The van der Waals surface area contributed by atoms with Gasteiger partial charge in [-0.25, -0.2) is 4.79 Å². The molecule has 1 aromatic rings. The molecule has 0 radical (unpaired) electrons. The number of carbonyl (C=O) groups excluding carboxylic acids is 1. The molecule has 1 rings (SSSR count). The molecule has 6 heteroatoms. The summed E-state index contributed by atoms with van der Waals surface area (Å²) < 4.78 is 15.6. The molecule has 0 aliphatic heterocycles. The number of rotatable bonds is 8. The van der Waals surface area contributed by atoms with Crippen LogP contribution in [0.2, 0.25) is 0 Å². The average Bonchev–Trinajstić information content (AvgIpc) is 2.48. The van der Waals surface area contributed by atoms with E-state index in [1.807, 2.05) is 24.3 Å². The molecule has 0 saturated carbocycles. The van der Waals surface area contributed by atoms with Crippen molar-refractivity contribution in [2.45, 2.75) is 6.10 Å². The maximum absolute atomic E-state index is 11.6. The average molecular weight is 282 g/mol. The number of hydrogen-bond acceptors (Lipinski definition) is 4. The van der Waals surface area contributed by atoms with Crippen molar-refractivity contribution in [1.82, 2.24) is 10.6 Å². The molecule has 6 nitrogen and oxygen atoms in total. The Kier molecular flexibility index (Phi) is 7.46. The zero-order chi connectivity index (χ0) is 14.8. The summed E-state index contributed by atoms with van der Waals surface area (Å²) in [4.78, 5) is 11.6. The summed E-state index contributed by atoms with van der Waals surface area (Å²) in [6.07, 6.45) is -0.265. The molecule has 0 saturated heterocycles. The van der Waals surface area contributed by atoms with Gasteiger partial charge in [-0.3, -0.25) is 0 Å². The van der Waals surface area contributed by atoms with E-state index in [2.05, 4.69) is 10.6 Å². The minimum absolute atomic E-state index is 0.251. The molecule has 2 amide bonds. The van der Waals surface area contributed by atoms with Crippen LogP contribution in [0.3, 0.4) is 0 Å². The van der Waals surface area contributed by atoms with E-state index in [0.717, 1.165) is 11.3 Å². The Morgan fingerprint density at radius 3 is 2.60 bits per heavy atom. The van der Waals surface area contributed by atoms with Crippen LogP contribution in [0.1, 0.15) is 11.7 Å². The molecule has 0 bridgehead atoms. The van der Waals surface area contributed by atoms with Gasteiger partial charge >= 0.3 is 6.03 Å². The van der Waals surface area contributed by atoms with E-state index in [0.29, 0.717) is 19.7 Å². The summed E-state index contributed by atoms with van der Waals surface area (Å²) in [5, 5.41) is 5.44. The molecular weight excluding hydrogens is 260 g/mol. The van der Waals surface area contributed by atoms with Gasteiger partial charge in [-0.15, -0.1) is 0 Å². The molecular formula is C14H22N2O4. The quantitative estimate of drug-likeness (QED) is 0.706. The second kappa shape index (κ2) is 9.17. The number of methoxy groups -OCH3 is 3. The second-order valence-electron chi connectivity index (χ2n) is 4.10. The van der Waals surface area contributed by atoms with Gasteiger partial charge in [0.05, 0.1) is 13.7 Å². The first-order valence-corrected chi connectivity index (χ1v) is 6.39. The minimum Gasteiger partial charge on any atom is -0.496 e. The van der Waals surface area contributed by atoms with Crippen LogP contribution in [-0.4, -0.2) is 47.1 Å². The number of amides is 2. The maximum atomic E-state index is 11.6. The fourth-order valence-corrected chi connectivity index (χ4v) is 1.77. The molecule has 1 atom stereocenters. The van der Waals surface area contributed by atoms with Crippen molar-refractivity contribution in [3.63, 3.8) is 0 Å². The van der Waals surface area contributed by atoms with Crippen LogP contribution in [-0.2, 0) is 9.47 Å². The van der Waals surface area contributed by atoms with E-state index in [4.69, 9.17) is 14.2 Å². The van der Waals surface area contributed by atoms with Gasteiger partial charge in [-0.2, -0.15) is 0 Å². The molecule has 1 aromatic carbocycles. The summed E-state index contributed by atoms with van der Waals surface area (Å²) in [7, 11) is 4.79. The van der Waals surface area contributed by atoms with Crippen LogP contribution in [0, 0.1) is 0 Å². The second-order valence-corrected chi connectivity index (χ2v) is 4.10. The fraction of sp³-hybridized carbons (Fsp3) is 0.500. The minimum atomic E-state index is -0.265. The molecule has 0 fully saturated rings. The summed E-state index contributed by atoms with van der Waals surface area (Å²) >= 11 is 0. The summed E-state index contributed by atoms with van der Waals surface area (Å²) in [5.74, 6) is 0.737. The number of urea groups is 1. The Morgan fingerprint density at radius 1 is 1.20 bits per heavy atom. The van der Waals surface area contributed by atoms with Crippen molar-refractivity contribution in [3.05, 3.63) is 29.8 Å². The monoisotopic (exact) mass is 282 g/mol. The molecule has 0 aliphatic rings.